The van der Waals surface area contributed by atoms with Crippen molar-refractivity contribution in [2.75, 3.05) is 5.32 Å². The highest BCUT2D eigenvalue weighted by atomic mass is 14.9. The molecular formula is C30H31N. The van der Waals surface area contributed by atoms with Crippen molar-refractivity contribution in [3.8, 4) is 0 Å². The molecule has 0 amide bonds. The van der Waals surface area contributed by atoms with E-state index < -0.39 is 0 Å². The third kappa shape index (κ3) is 5.44. The molecule has 4 aromatic carbocycles. The number of hydrogen-bond acceptors (Lipinski definition) is 1. The smallest absolute Gasteiger partial charge is 0.0384 e. The Morgan fingerprint density at radius 3 is 1.61 bits per heavy atom. The van der Waals surface area contributed by atoms with Crippen LogP contribution in [0.15, 0.2) is 109 Å². The number of anilines is 2. The van der Waals surface area contributed by atoms with Crippen LogP contribution in [0.2, 0.25) is 0 Å². The summed E-state index contributed by atoms with van der Waals surface area (Å²) in [6.07, 6.45) is 2.15. The SMILES string of the molecule is CCC(c1ccccc1)c1ccc(Nc2ccc(CC(C)c3ccccc3)cc2)cc1. The van der Waals surface area contributed by atoms with Gasteiger partial charge in [-0.25, -0.2) is 0 Å². The van der Waals surface area contributed by atoms with Crippen LogP contribution in [0, 0.1) is 0 Å². The van der Waals surface area contributed by atoms with E-state index in [1.54, 1.807) is 0 Å². The highest BCUT2D eigenvalue weighted by Crippen LogP contribution is 2.29. The Morgan fingerprint density at radius 2 is 1.06 bits per heavy atom. The molecule has 0 saturated carbocycles. The monoisotopic (exact) mass is 405 g/mol. The molecule has 0 bridgehead atoms. The van der Waals surface area contributed by atoms with Crippen LogP contribution in [0.1, 0.15) is 54.4 Å². The topological polar surface area (TPSA) is 12.0 Å². The minimum Gasteiger partial charge on any atom is -0.356 e. The van der Waals surface area contributed by atoms with Crippen LogP contribution in [0.4, 0.5) is 11.4 Å². The van der Waals surface area contributed by atoms with Gasteiger partial charge in [0, 0.05) is 17.3 Å². The van der Waals surface area contributed by atoms with Crippen molar-refractivity contribution in [1.29, 1.82) is 0 Å². The van der Waals surface area contributed by atoms with Gasteiger partial charge in [0.2, 0.25) is 0 Å². The standard InChI is InChI=1S/C30H31N/c1-3-30(26-12-8-5-9-13-26)27-16-20-29(21-17-27)31-28-18-14-24(15-19-28)22-23(2)25-10-6-4-7-11-25/h4-21,23,30-31H,3,22H2,1-2H3. The molecule has 0 aliphatic heterocycles. The van der Waals surface area contributed by atoms with E-state index in [0.29, 0.717) is 11.8 Å². The summed E-state index contributed by atoms with van der Waals surface area (Å²) in [6, 6.07) is 39.2. The van der Waals surface area contributed by atoms with Crippen molar-refractivity contribution < 1.29 is 0 Å². The normalized spacial score (nSPS) is 12.8. The van der Waals surface area contributed by atoms with Gasteiger partial charge in [-0.15, -0.1) is 0 Å². The molecular weight excluding hydrogens is 374 g/mol. The molecule has 0 aliphatic rings. The summed E-state index contributed by atoms with van der Waals surface area (Å²) in [4.78, 5) is 0. The summed E-state index contributed by atoms with van der Waals surface area (Å²) in [7, 11) is 0. The third-order valence-electron chi connectivity index (χ3n) is 6.08. The van der Waals surface area contributed by atoms with E-state index in [-0.39, 0.29) is 0 Å². The molecule has 31 heavy (non-hydrogen) atoms. The number of rotatable bonds is 8. The van der Waals surface area contributed by atoms with E-state index in [0.717, 1.165) is 24.2 Å². The second-order valence-electron chi connectivity index (χ2n) is 8.33. The van der Waals surface area contributed by atoms with E-state index in [4.69, 9.17) is 0 Å². The van der Waals surface area contributed by atoms with Gasteiger partial charge in [0.15, 0.2) is 0 Å². The first kappa shape index (κ1) is 20.9. The van der Waals surface area contributed by atoms with E-state index in [2.05, 4.69) is 128 Å². The van der Waals surface area contributed by atoms with Crippen LogP contribution in [-0.4, -0.2) is 0 Å². The Bertz CT molecular complexity index is 1050. The Labute approximate surface area is 186 Å². The van der Waals surface area contributed by atoms with Crippen molar-refractivity contribution in [2.24, 2.45) is 0 Å². The van der Waals surface area contributed by atoms with E-state index in [1.807, 2.05) is 0 Å². The van der Waals surface area contributed by atoms with Gasteiger partial charge < -0.3 is 5.32 Å². The minimum absolute atomic E-state index is 0.445. The van der Waals surface area contributed by atoms with Crippen molar-refractivity contribution in [2.45, 2.75) is 38.5 Å². The summed E-state index contributed by atoms with van der Waals surface area (Å²) >= 11 is 0. The molecule has 0 heterocycles. The predicted octanol–water partition coefficient (Wildman–Crippen LogP) is 8.32. The van der Waals surface area contributed by atoms with E-state index >= 15 is 0 Å². The first-order valence-electron chi connectivity index (χ1n) is 11.3. The summed E-state index contributed by atoms with van der Waals surface area (Å²) < 4.78 is 0. The van der Waals surface area contributed by atoms with Crippen LogP contribution >= 0.6 is 0 Å². The zero-order valence-corrected chi connectivity index (χ0v) is 18.5. The second kappa shape index (κ2) is 10.1. The molecule has 0 saturated heterocycles. The van der Waals surface area contributed by atoms with Gasteiger partial charge in [-0.1, -0.05) is 98.8 Å². The van der Waals surface area contributed by atoms with Gasteiger partial charge >= 0.3 is 0 Å². The summed E-state index contributed by atoms with van der Waals surface area (Å²) in [5.41, 5.74) is 7.75. The first-order chi connectivity index (χ1) is 15.2. The van der Waals surface area contributed by atoms with Gasteiger partial charge in [0.05, 0.1) is 0 Å². The maximum absolute atomic E-state index is 3.54. The lowest BCUT2D eigenvalue weighted by atomic mass is 9.89. The highest BCUT2D eigenvalue weighted by Gasteiger charge is 2.11. The van der Waals surface area contributed by atoms with E-state index in [9.17, 15) is 0 Å². The Hall–Kier alpha value is -3.32. The zero-order chi connectivity index (χ0) is 21.5. The number of benzene rings is 4. The minimum atomic E-state index is 0.445. The van der Waals surface area contributed by atoms with Crippen LogP contribution < -0.4 is 5.32 Å². The average Bonchev–Trinajstić information content (AvgIpc) is 2.83. The van der Waals surface area contributed by atoms with E-state index in [1.165, 1.54) is 22.3 Å². The molecule has 0 spiro atoms. The first-order valence-corrected chi connectivity index (χ1v) is 11.3. The Kier molecular flexibility index (Phi) is 6.84. The summed E-state index contributed by atoms with van der Waals surface area (Å²) in [5, 5.41) is 3.54. The van der Waals surface area contributed by atoms with Gasteiger partial charge in [-0.3, -0.25) is 0 Å². The van der Waals surface area contributed by atoms with Crippen LogP contribution in [0.3, 0.4) is 0 Å². The molecule has 4 aromatic rings. The lowest BCUT2D eigenvalue weighted by Crippen LogP contribution is -2.00. The maximum atomic E-state index is 3.54. The molecule has 1 nitrogen and oxygen atoms in total. The number of hydrogen-bond donors (Lipinski definition) is 1. The molecule has 4 rings (SSSR count). The number of nitrogens with one attached hydrogen (secondary N) is 1. The lowest BCUT2D eigenvalue weighted by molar-refractivity contribution is 0.759. The highest BCUT2D eigenvalue weighted by molar-refractivity contribution is 5.60. The fourth-order valence-corrected chi connectivity index (χ4v) is 4.29. The molecule has 0 aromatic heterocycles. The molecule has 0 fully saturated rings. The molecule has 2 unspecified atom stereocenters. The van der Waals surface area contributed by atoms with Gasteiger partial charge in [0.1, 0.15) is 0 Å². The van der Waals surface area contributed by atoms with Gasteiger partial charge in [0.25, 0.3) is 0 Å². The third-order valence-corrected chi connectivity index (χ3v) is 6.08. The Morgan fingerprint density at radius 1 is 0.581 bits per heavy atom. The van der Waals surface area contributed by atoms with Crippen LogP contribution in [0.25, 0.3) is 0 Å². The van der Waals surface area contributed by atoms with Crippen LogP contribution in [0.5, 0.6) is 0 Å². The molecule has 1 N–H and O–H groups in total. The van der Waals surface area contributed by atoms with Crippen LogP contribution in [-0.2, 0) is 6.42 Å². The quantitative estimate of drug-likeness (QED) is 0.311. The fourth-order valence-electron chi connectivity index (χ4n) is 4.29. The summed E-state index contributed by atoms with van der Waals surface area (Å²) in [6.45, 7) is 4.55. The lowest BCUT2D eigenvalue weighted by Gasteiger charge is -2.17. The fraction of sp³-hybridized carbons (Fsp3) is 0.200. The van der Waals surface area contributed by atoms with Crippen molar-refractivity contribution in [3.63, 3.8) is 0 Å². The molecule has 2 atom stereocenters. The van der Waals surface area contributed by atoms with Crippen molar-refractivity contribution in [3.05, 3.63) is 131 Å². The molecule has 0 radical (unpaired) electrons. The molecule has 156 valence electrons. The van der Waals surface area contributed by atoms with Crippen molar-refractivity contribution >= 4 is 11.4 Å². The second-order valence-corrected chi connectivity index (χ2v) is 8.33. The molecule has 0 aliphatic carbocycles. The van der Waals surface area contributed by atoms with Crippen molar-refractivity contribution in [1.82, 2.24) is 0 Å². The molecule has 1 heteroatoms. The predicted molar refractivity (Wildman–Crippen MR) is 133 cm³/mol. The largest absolute Gasteiger partial charge is 0.356 e. The van der Waals surface area contributed by atoms with Gasteiger partial charge in [-0.05, 0) is 65.3 Å². The van der Waals surface area contributed by atoms with Gasteiger partial charge in [-0.2, -0.15) is 0 Å². The average molecular weight is 406 g/mol. The maximum Gasteiger partial charge on any atom is 0.0384 e. The zero-order valence-electron chi connectivity index (χ0n) is 18.5. The Balaban J connectivity index is 1.39. The summed E-state index contributed by atoms with van der Waals surface area (Å²) in [5.74, 6) is 0.963.